The SMILES string of the molecule is CCCC1CCN(c2nc(C(=O)OCC)cs2)C1. The van der Waals surface area contributed by atoms with Gasteiger partial charge in [-0.2, -0.15) is 0 Å². The average molecular weight is 268 g/mol. The standard InChI is InChI=1S/C13H20N2O2S/c1-3-5-10-6-7-15(8-10)13-14-11(9-18-13)12(16)17-4-2/h9-10H,3-8H2,1-2H3. The zero-order valence-corrected chi connectivity index (χ0v) is 11.8. The molecule has 1 saturated heterocycles. The number of esters is 1. The van der Waals surface area contributed by atoms with Crippen molar-refractivity contribution in [2.24, 2.45) is 5.92 Å². The fourth-order valence-electron chi connectivity index (χ4n) is 2.36. The van der Waals surface area contributed by atoms with Crippen LogP contribution in [0.2, 0.25) is 0 Å². The van der Waals surface area contributed by atoms with Gasteiger partial charge in [-0.1, -0.05) is 13.3 Å². The maximum absolute atomic E-state index is 11.5. The predicted molar refractivity (Wildman–Crippen MR) is 73.3 cm³/mol. The van der Waals surface area contributed by atoms with E-state index in [1.165, 1.54) is 30.6 Å². The Kier molecular flexibility index (Phi) is 4.58. The van der Waals surface area contributed by atoms with Crippen molar-refractivity contribution in [3.8, 4) is 0 Å². The first-order valence-electron chi connectivity index (χ1n) is 6.62. The molecule has 2 rings (SSSR count). The molecule has 1 atom stereocenters. The molecule has 1 aromatic heterocycles. The molecule has 0 aromatic carbocycles. The summed E-state index contributed by atoms with van der Waals surface area (Å²) in [5, 5.41) is 2.75. The number of carbonyl (C=O) groups is 1. The van der Waals surface area contributed by atoms with Gasteiger partial charge < -0.3 is 9.64 Å². The Bertz CT molecular complexity index is 405. The number of ether oxygens (including phenoxy) is 1. The van der Waals surface area contributed by atoms with E-state index in [0.29, 0.717) is 12.3 Å². The first-order chi connectivity index (χ1) is 8.74. The number of rotatable bonds is 5. The van der Waals surface area contributed by atoms with Crippen molar-refractivity contribution >= 4 is 22.4 Å². The van der Waals surface area contributed by atoms with Crippen LogP contribution in [-0.4, -0.2) is 30.6 Å². The van der Waals surface area contributed by atoms with Gasteiger partial charge in [0.25, 0.3) is 0 Å². The Hall–Kier alpha value is -1.10. The average Bonchev–Trinajstić information content (AvgIpc) is 2.97. The van der Waals surface area contributed by atoms with Gasteiger partial charge in [-0.05, 0) is 25.7 Å². The first-order valence-corrected chi connectivity index (χ1v) is 7.50. The molecule has 0 aliphatic carbocycles. The van der Waals surface area contributed by atoms with Crippen LogP contribution >= 0.6 is 11.3 Å². The van der Waals surface area contributed by atoms with Gasteiger partial charge in [-0.3, -0.25) is 0 Å². The van der Waals surface area contributed by atoms with E-state index >= 15 is 0 Å². The largest absolute Gasteiger partial charge is 0.461 e. The summed E-state index contributed by atoms with van der Waals surface area (Å²) in [6.07, 6.45) is 3.76. The number of carbonyl (C=O) groups excluding carboxylic acids is 1. The molecular weight excluding hydrogens is 248 g/mol. The Morgan fingerprint density at radius 1 is 1.61 bits per heavy atom. The summed E-state index contributed by atoms with van der Waals surface area (Å²) in [4.78, 5) is 18.2. The summed E-state index contributed by atoms with van der Waals surface area (Å²) in [7, 11) is 0. The van der Waals surface area contributed by atoms with Crippen LogP contribution in [-0.2, 0) is 4.74 Å². The summed E-state index contributed by atoms with van der Waals surface area (Å²) in [6.45, 7) is 6.56. The summed E-state index contributed by atoms with van der Waals surface area (Å²) in [5.74, 6) is 0.467. The molecule has 18 heavy (non-hydrogen) atoms. The van der Waals surface area contributed by atoms with Crippen LogP contribution in [0, 0.1) is 5.92 Å². The summed E-state index contributed by atoms with van der Waals surface area (Å²) in [6, 6.07) is 0. The molecule has 0 spiro atoms. The monoisotopic (exact) mass is 268 g/mol. The van der Waals surface area contributed by atoms with Gasteiger partial charge in [0.15, 0.2) is 10.8 Å². The second-order valence-corrected chi connectivity index (χ2v) is 5.46. The van der Waals surface area contributed by atoms with Gasteiger partial charge in [-0.25, -0.2) is 9.78 Å². The maximum atomic E-state index is 11.5. The summed E-state index contributed by atoms with van der Waals surface area (Å²) >= 11 is 1.54. The molecule has 4 nitrogen and oxygen atoms in total. The normalized spacial score (nSPS) is 19.2. The lowest BCUT2D eigenvalue weighted by molar-refractivity contribution is 0.0520. The first kappa shape index (κ1) is 13.3. The second kappa shape index (κ2) is 6.18. The van der Waals surface area contributed by atoms with Gasteiger partial charge in [0.05, 0.1) is 6.61 Å². The van der Waals surface area contributed by atoms with Gasteiger partial charge in [0.2, 0.25) is 0 Å². The fourth-order valence-corrected chi connectivity index (χ4v) is 3.19. The van der Waals surface area contributed by atoms with Crippen molar-refractivity contribution in [1.29, 1.82) is 0 Å². The summed E-state index contributed by atoms with van der Waals surface area (Å²) < 4.78 is 4.95. The molecule has 1 aliphatic rings. The fraction of sp³-hybridized carbons (Fsp3) is 0.692. The number of aromatic nitrogens is 1. The minimum atomic E-state index is -0.315. The van der Waals surface area contributed by atoms with Crippen LogP contribution in [0.3, 0.4) is 0 Å². The second-order valence-electron chi connectivity index (χ2n) is 4.63. The number of nitrogens with zero attached hydrogens (tertiary/aromatic N) is 2. The molecule has 1 unspecified atom stereocenters. The molecule has 0 N–H and O–H groups in total. The topological polar surface area (TPSA) is 42.4 Å². The number of thiazole rings is 1. The molecule has 0 saturated carbocycles. The zero-order chi connectivity index (χ0) is 13.0. The Morgan fingerprint density at radius 2 is 2.44 bits per heavy atom. The zero-order valence-electron chi connectivity index (χ0n) is 11.0. The number of hydrogen-bond donors (Lipinski definition) is 0. The highest BCUT2D eigenvalue weighted by atomic mass is 32.1. The van der Waals surface area contributed by atoms with E-state index in [2.05, 4.69) is 16.8 Å². The van der Waals surface area contributed by atoms with Crippen LogP contribution in [0.15, 0.2) is 5.38 Å². The Morgan fingerprint density at radius 3 is 3.17 bits per heavy atom. The smallest absolute Gasteiger partial charge is 0.357 e. The molecule has 100 valence electrons. The third-order valence-electron chi connectivity index (χ3n) is 3.23. The third kappa shape index (κ3) is 3.02. The minimum Gasteiger partial charge on any atom is -0.461 e. The molecule has 0 radical (unpaired) electrons. The van der Waals surface area contributed by atoms with E-state index in [-0.39, 0.29) is 5.97 Å². The lowest BCUT2D eigenvalue weighted by Gasteiger charge is -2.14. The number of anilines is 1. The van der Waals surface area contributed by atoms with Crippen molar-refractivity contribution in [3.63, 3.8) is 0 Å². The third-order valence-corrected chi connectivity index (χ3v) is 4.13. The maximum Gasteiger partial charge on any atom is 0.357 e. The van der Waals surface area contributed by atoms with E-state index in [1.54, 1.807) is 12.3 Å². The van der Waals surface area contributed by atoms with Gasteiger partial charge in [0.1, 0.15) is 0 Å². The van der Waals surface area contributed by atoms with Crippen LogP contribution in [0.25, 0.3) is 0 Å². The predicted octanol–water partition coefficient (Wildman–Crippen LogP) is 2.95. The molecule has 0 amide bonds. The molecule has 2 heterocycles. The van der Waals surface area contributed by atoms with Crippen LogP contribution in [0.4, 0.5) is 5.13 Å². The van der Waals surface area contributed by atoms with E-state index in [4.69, 9.17) is 4.74 Å². The van der Waals surface area contributed by atoms with Crippen LogP contribution in [0.1, 0.15) is 43.6 Å². The van der Waals surface area contributed by atoms with Crippen molar-refractivity contribution in [1.82, 2.24) is 4.98 Å². The lowest BCUT2D eigenvalue weighted by Crippen LogP contribution is -2.19. The highest BCUT2D eigenvalue weighted by molar-refractivity contribution is 7.13. The van der Waals surface area contributed by atoms with Gasteiger partial charge in [0, 0.05) is 18.5 Å². The van der Waals surface area contributed by atoms with Crippen molar-refractivity contribution in [3.05, 3.63) is 11.1 Å². The number of hydrogen-bond acceptors (Lipinski definition) is 5. The molecule has 1 aliphatic heterocycles. The van der Waals surface area contributed by atoms with Crippen LogP contribution in [0.5, 0.6) is 0 Å². The Labute approximate surface area is 112 Å². The van der Waals surface area contributed by atoms with E-state index < -0.39 is 0 Å². The van der Waals surface area contributed by atoms with Gasteiger partial charge >= 0.3 is 5.97 Å². The van der Waals surface area contributed by atoms with Gasteiger partial charge in [-0.15, -0.1) is 11.3 Å². The Balaban J connectivity index is 1.96. The molecule has 1 fully saturated rings. The van der Waals surface area contributed by atoms with E-state index in [9.17, 15) is 4.79 Å². The molecule has 0 bridgehead atoms. The molecule has 5 heteroatoms. The minimum absolute atomic E-state index is 0.315. The van der Waals surface area contributed by atoms with Crippen LogP contribution < -0.4 is 4.90 Å². The summed E-state index contributed by atoms with van der Waals surface area (Å²) in [5.41, 5.74) is 0.441. The van der Waals surface area contributed by atoms with E-state index in [0.717, 1.165) is 24.1 Å². The molecular formula is C13H20N2O2S. The quantitative estimate of drug-likeness (QED) is 0.770. The van der Waals surface area contributed by atoms with Crippen molar-refractivity contribution in [2.75, 3.05) is 24.6 Å². The molecule has 1 aromatic rings. The van der Waals surface area contributed by atoms with Crippen molar-refractivity contribution < 1.29 is 9.53 Å². The van der Waals surface area contributed by atoms with E-state index in [1.807, 2.05) is 0 Å². The highest BCUT2D eigenvalue weighted by Crippen LogP contribution is 2.29. The lowest BCUT2D eigenvalue weighted by atomic mass is 10.0. The highest BCUT2D eigenvalue weighted by Gasteiger charge is 2.24. The van der Waals surface area contributed by atoms with Crippen molar-refractivity contribution in [2.45, 2.75) is 33.1 Å².